The first-order valence-electron chi connectivity index (χ1n) is 5.15. The molecule has 0 unspecified atom stereocenters. The molecule has 0 bridgehead atoms. The van der Waals surface area contributed by atoms with E-state index in [2.05, 4.69) is 5.32 Å². The van der Waals surface area contributed by atoms with Gasteiger partial charge in [0.2, 0.25) is 0 Å². The van der Waals surface area contributed by atoms with E-state index in [-0.39, 0.29) is 5.69 Å². The van der Waals surface area contributed by atoms with Crippen LogP contribution in [0.3, 0.4) is 0 Å². The standard InChI is InChI=1S/C12H11NO4/c1-2-17-8-5-3-7(4-6-8)13-9-10(14)12(16)11(9)15/h3-6,13-14H,2H2,1H3. The van der Waals surface area contributed by atoms with Gasteiger partial charge in [-0.1, -0.05) is 0 Å². The van der Waals surface area contributed by atoms with Crippen molar-refractivity contribution in [1.29, 1.82) is 0 Å². The van der Waals surface area contributed by atoms with Gasteiger partial charge in [-0.25, -0.2) is 0 Å². The number of ether oxygens (including phenoxy) is 1. The molecule has 0 atom stereocenters. The van der Waals surface area contributed by atoms with Crippen LogP contribution in [0.1, 0.15) is 6.92 Å². The molecule has 0 amide bonds. The Morgan fingerprint density at radius 2 is 1.82 bits per heavy atom. The van der Waals surface area contributed by atoms with E-state index in [0.29, 0.717) is 18.0 Å². The Balaban J connectivity index is 2.15. The molecule has 2 N–H and O–H groups in total. The highest BCUT2D eigenvalue weighted by Crippen LogP contribution is 2.22. The van der Waals surface area contributed by atoms with Crippen molar-refractivity contribution >= 4 is 11.4 Å². The number of hydrogen-bond acceptors (Lipinski definition) is 5. The fourth-order valence-corrected chi connectivity index (χ4v) is 1.44. The lowest BCUT2D eigenvalue weighted by Crippen LogP contribution is -2.32. The average molecular weight is 233 g/mol. The van der Waals surface area contributed by atoms with E-state index < -0.39 is 16.6 Å². The van der Waals surface area contributed by atoms with Gasteiger partial charge in [0.25, 0.3) is 10.9 Å². The minimum Gasteiger partial charge on any atom is -0.502 e. The van der Waals surface area contributed by atoms with E-state index in [1.54, 1.807) is 24.3 Å². The molecule has 5 nitrogen and oxygen atoms in total. The van der Waals surface area contributed by atoms with Crippen LogP contribution in [0.4, 0.5) is 11.4 Å². The van der Waals surface area contributed by atoms with Crippen LogP contribution in [0.15, 0.2) is 33.9 Å². The molecule has 88 valence electrons. The largest absolute Gasteiger partial charge is 0.502 e. The Labute approximate surface area is 97.0 Å². The molecule has 0 aliphatic carbocycles. The van der Waals surface area contributed by atoms with Crippen LogP contribution >= 0.6 is 0 Å². The van der Waals surface area contributed by atoms with E-state index in [1.807, 2.05) is 6.92 Å². The fraction of sp³-hybridized carbons (Fsp3) is 0.167. The summed E-state index contributed by atoms with van der Waals surface area (Å²) in [5.41, 5.74) is -0.996. The summed E-state index contributed by atoms with van der Waals surface area (Å²) in [7, 11) is 0. The van der Waals surface area contributed by atoms with Gasteiger partial charge in [0.1, 0.15) is 11.4 Å². The number of hydrogen-bond donors (Lipinski definition) is 2. The highest BCUT2D eigenvalue weighted by Gasteiger charge is 2.19. The molecule has 17 heavy (non-hydrogen) atoms. The van der Waals surface area contributed by atoms with Crippen molar-refractivity contribution in [2.24, 2.45) is 0 Å². The fourth-order valence-electron chi connectivity index (χ4n) is 1.44. The third kappa shape index (κ3) is 1.99. The molecule has 0 aliphatic rings. The smallest absolute Gasteiger partial charge is 0.271 e. The molecular weight excluding hydrogens is 222 g/mol. The molecule has 0 fully saturated rings. The van der Waals surface area contributed by atoms with Crippen LogP contribution in [0, 0.1) is 0 Å². The highest BCUT2D eigenvalue weighted by atomic mass is 16.5. The molecule has 2 aromatic rings. The maximum atomic E-state index is 11.1. The van der Waals surface area contributed by atoms with E-state index in [0.717, 1.165) is 0 Å². The van der Waals surface area contributed by atoms with Gasteiger partial charge in [-0.05, 0) is 31.2 Å². The van der Waals surface area contributed by atoms with Crippen LogP contribution in [0.2, 0.25) is 0 Å². The number of benzene rings is 1. The van der Waals surface area contributed by atoms with Crippen LogP contribution in [0.25, 0.3) is 0 Å². The quantitative estimate of drug-likeness (QED) is 0.774. The number of rotatable bonds is 4. The zero-order chi connectivity index (χ0) is 12.4. The Morgan fingerprint density at radius 1 is 1.18 bits per heavy atom. The van der Waals surface area contributed by atoms with E-state index in [9.17, 15) is 9.59 Å². The summed E-state index contributed by atoms with van der Waals surface area (Å²) in [6, 6.07) is 6.85. The molecule has 2 rings (SSSR count). The normalized spacial score (nSPS) is 10.4. The summed E-state index contributed by atoms with van der Waals surface area (Å²) in [5.74, 6) is 0.205. The third-order valence-electron chi connectivity index (χ3n) is 2.32. The van der Waals surface area contributed by atoms with Gasteiger partial charge in [0.15, 0.2) is 5.75 Å². The van der Waals surface area contributed by atoms with Gasteiger partial charge in [-0.3, -0.25) is 9.59 Å². The van der Waals surface area contributed by atoms with Gasteiger partial charge in [0, 0.05) is 5.69 Å². The third-order valence-corrected chi connectivity index (χ3v) is 2.32. The van der Waals surface area contributed by atoms with Crippen molar-refractivity contribution in [3.63, 3.8) is 0 Å². The SMILES string of the molecule is CCOc1ccc(Nc2c(O)c(=O)c2=O)cc1. The molecule has 2 aromatic carbocycles. The number of aromatic hydroxyl groups is 1. The van der Waals surface area contributed by atoms with E-state index in [1.165, 1.54) is 0 Å². The van der Waals surface area contributed by atoms with Crippen LogP contribution in [0.5, 0.6) is 11.5 Å². The Bertz CT molecular complexity index is 594. The Morgan fingerprint density at radius 3 is 2.35 bits per heavy atom. The van der Waals surface area contributed by atoms with E-state index >= 15 is 0 Å². The summed E-state index contributed by atoms with van der Waals surface area (Å²) in [6.07, 6.45) is 0. The van der Waals surface area contributed by atoms with Crippen molar-refractivity contribution in [2.45, 2.75) is 6.92 Å². The summed E-state index contributed by atoms with van der Waals surface area (Å²) in [4.78, 5) is 21.9. The maximum Gasteiger partial charge on any atom is 0.271 e. The van der Waals surface area contributed by atoms with Crippen molar-refractivity contribution in [3.05, 3.63) is 44.7 Å². The lowest BCUT2D eigenvalue weighted by Gasteiger charge is -2.09. The molecule has 0 radical (unpaired) electrons. The Kier molecular flexibility index (Phi) is 2.82. The van der Waals surface area contributed by atoms with Crippen molar-refractivity contribution in [3.8, 4) is 11.5 Å². The average Bonchev–Trinajstić information content (AvgIpc) is 2.37. The molecule has 0 aromatic heterocycles. The zero-order valence-electron chi connectivity index (χ0n) is 9.19. The zero-order valence-corrected chi connectivity index (χ0v) is 9.19. The van der Waals surface area contributed by atoms with Crippen LogP contribution < -0.4 is 20.9 Å². The van der Waals surface area contributed by atoms with E-state index in [4.69, 9.17) is 9.84 Å². The van der Waals surface area contributed by atoms with Gasteiger partial charge in [-0.2, -0.15) is 0 Å². The number of nitrogens with one attached hydrogen (secondary N) is 1. The summed E-state index contributed by atoms with van der Waals surface area (Å²) >= 11 is 0. The highest BCUT2D eigenvalue weighted by molar-refractivity contribution is 5.69. The molecule has 0 aliphatic heterocycles. The maximum absolute atomic E-state index is 11.1. The second kappa shape index (κ2) is 4.29. The van der Waals surface area contributed by atoms with Gasteiger partial charge >= 0.3 is 0 Å². The lowest BCUT2D eigenvalue weighted by molar-refractivity contribution is 0.340. The summed E-state index contributed by atoms with van der Waals surface area (Å²) < 4.78 is 5.26. The summed E-state index contributed by atoms with van der Waals surface area (Å²) in [5, 5.41) is 11.9. The second-order valence-corrected chi connectivity index (χ2v) is 3.46. The molecule has 0 saturated carbocycles. The van der Waals surface area contributed by atoms with Crippen molar-refractivity contribution in [2.75, 3.05) is 11.9 Å². The first-order chi connectivity index (χ1) is 8.13. The summed E-state index contributed by atoms with van der Waals surface area (Å²) in [6.45, 7) is 2.46. The number of anilines is 2. The molecule has 0 heterocycles. The minimum atomic E-state index is -0.849. The second-order valence-electron chi connectivity index (χ2n) is 3.46. The predicted molar refractivity (Wildman–Crippen MR) is 63.9 cm³/mol. The predicted octanol–water partition coefficient (Wildman–Crippen LogP) is 1.13. The minimum absolute atomic E-state index is 0.0563. The lowest BCUT2D eigenvalue weighted by atomic mass is 10.2. The molecule has 0 spiro atoms. The first-order valence-corrected chi connectivity index (χ1v) is 5.15. The van der Waals surface area contributed by atoms with Gasteiger partial charge < -0.3 is 15.2 Å². The van der Waals surface area contributed by atoms with Crippen molar-refractivity contribution in [1.82, 2.24) is 0 Å². The monoisotopic (exact) mass is 233 g/mol. The molecule has 5 heteroatoms. The molecule has 0 saturated heterocycles. The molecular formula is C12H11NO4. The van der Waals surface area contributed by atoms with Crippen LogP contribution in [-0.4, -0.2) is 11.7 Å². The Hall–Kier alpha value is -2.30. The topological polar surface area (TPSA) is 75.6 Å². The van der Waals surface area contributed by atoms with Crippen LogP contribution in [-0.2, 0) is 0 Å². The van der Waals surface area contributed by atoms with Gasteiger partial charge in [-0.15, -0.1) is 0 Å². The van der Waals surface area contributed by atoms with Crippen molar-refractivity contribution < 1.29 is 9.84 Å². The first kappa shape index (κ1) is 11.2. The van der Waals surface area contributed by atoms with Gasteiger partial charge in [0.05, 0.1) is 6.61 Å².